The van der Waals surface area contributed by atoms with E-state index in [0.29, 0.717) is 5.02 Å². The van der Waals surface area contributed by atoms with Crippen molar-refractivity contribution < 1.29 is 13.2 Å². The minimum Gasteiger partial charge on any atom is -0.298 e. The Balaban J connectivity index is 2.78. The third-order valence-corrected chi connectivity index (χ3v) is 4.05. The fourth-order valence-corrected chi connectivity index (χ4v) is 2.23. The Hall–Kier alpha value is -0.910. The zero-order valence-corrected chi connectivity index (χ0v) is 12.1. The first kappa shape index (κ1) is 15.1. The highest BCUT2D eigenvalue weighted by atomic mass is 35.5. The smallest absolute Gasteiger partial charge is 0.240 e. The maximum absolute atomic E-state index is 11.9. The molecular weight excluding hydrogens is 274 g/mol. The first-order valence-electron chi connectivity index (χ1n) is 5.41. The van der Waals surface area contributed by atoms with Gasteiger partial charge in [-0.05, 0) is 24.3 Å². The number of rotatable bonds is 4. The average molecular weight is 290 g/mol. The molecule has 0 bridgehead atoms. The van der Waals surface area contributed by atoms with E-state index in [9.17, 15) is 13.2 Å². The molecule has 1 N–H and O–H groups in total. The molecule has 1 aromatic rings. The van der Waals surface area contributed by atoms with Crippen LogP contribution in [0.4, 0.5) is 0 Å². The summed E-state index contributed by atoms with van der Waals surface area (Å²) >= 11 is 5.68. The molecule has 18 heavy (non-hydrogen) atoms. The summed E-state index contributed by atoms with van der Waals surface area (Å²) in [6.45, 7) is 5.01. The Labute approximate surface area is 112 Å². The lowest BCUT2D eigenvalue weighted by Gasteiger charge is -2.16. The predicted molar refractivity (Wildman–Crippen MR) is 71.1 cm³/mol. The van der Waals surface area contributed by atoms with Crippen molar-refractivity contribution in [3.8, 4) is 0 Å². The van der Waals surface area contributed by atoms with Crippen LogP contribution in [0, 0.1) is 5.41 Å². The molecule has 0 aromatic heterocycles. The van der Waals surface area contributed by atoms with Crippen LogP contribution in [-0.2, 0) is 14.8 Å². The first-order valence-corrected chi connectivity index (χ1v) is 7.27. The lowest BCUT2D eigenvalue weighted by molar-refractivity contribution is -0.125. The Bertz CT molecular complexity index is 529. The molecule has 0 radical (unpaired) electrons. The number of carbonyl (C=O) groups excluding carboxylic acids is 1. The van der Waals surface area contributed by atoms with Gasteiger partial charge in [-0.1, -0.05) is 32.4 Å². The van der Waals surface area contributed by atoms with Gasteiger partial charge in [-0.25, -0.2) is 13.1 Å². The molecule has 0 fully saturated rings. The van der Waals surface area contributed by atoms with E-state index in [1.54, 1.807) is 20.8 Å². The SMILES string of the molecule is CC(C)(C)C(=O)CNS(=O)(=O)c1ccc(Cl)cc1. The van der Waals surface area contributed by atoms with Gasteiger partial charge in [0, 0.05) is 10.4 Å². The molecule has 0 spiro atoms. The number of ketones is 1. The maximum Gasteiger partial charge on any atom is 0.240 e. The number of halogens is 1. The highest BCUT2D eigenvalue weighted by Crippen LogP contribution is 2.16. The van der Waals surface area contributed by atoms with Crippen molar-refractivity contribution in [2.45, 2.75) is 25.7 Å². The summed E-state index contributed by atoms with van der Waals surface area (Å²) in [6, 6.07) is 5.77. The molecule has 100 valence electrons. The highest BCUT2D eigenvalue weighted by molar-refractivity contribution is 7.89. The minimum atomic E-state index is -3.66. The minimum absolute atomic E-state index is 0.0913. The number of hydrogen-bond acceptors (Lipinski definition) is 3. The fraction of sp³-hybridized carbons (Fsp3) is 0.417. The van der Waals surface area contributed by atoms with E-state index in [2.05, 4.69) is 4.72 Å². The van der Waals surface area contributed by atoms with Crippen LogP contribution in [0.3, 0.4) is 0 Å². The predicted octanol–water partition coefficient (Wildman–Crippen LogP) is 2.23. The summed E-state index contributed by atoms with van der Waals surface area (Å²) in [7, 11) is -3.66. The van der Waals surface area contributed by atoms with E-state index >= 15 is 0 Å². The Kier molecular flexibility index (Phi) is 4.53. The van der Waals surface area contributed by atoms with Crippen LogP contribution in [0.5, 0.6) is 0 Å². The topological polar surface area (TPSA) is 63.2 Å². The van der Waals surface area contributed by atoms with Crippen LogP contribution in [0.2, 0.25) is 5.02 Å². The van der Waals surface area contributed by atoms with Crippen molar-refractivity contribution in [3.05, 3.63) is 29.3 Å². The molecule has 4 nitrogen and oxygen atoms in total. The molecule has 0 aliphatic heterocycles. The first-order chi connectivity index (χ1) is 8.13. The van der Waals surface area contributed by atoms with Gasteiger partial charge >= 0.3 is 0 Å². The Morgan fingerprint density at radius 2 is 1.72 bits per heavy atom. The van der Waals surface area contributed by atoms with E-state index in [1.807, 2.05) is 0 Å². The molecule has 6 heteroatoms. The quantitative estimate of drug-likeness (QED) is 0.924. The fourth-order valence-electron chi connectivity index (χ4n) is 1.12. The molecule has 0 atom stereocenters. The van der Waals surface area contributed by atoms with Crippen molar-refractivity contribution >= 4 is 27.4 Å². The molecule has 0 unspecified atom stereocenters. The summed E-state index contributed by atoms with van der Waals surface area (Å²) in [4.78, 5) is 11.7. The summed E-state index contributed by atoms with van der Waals surface area (Å²) in [6.07, 6.45) is 0. The van der Waals surface area contributed by atoms with E-state index < -0.39 is 15.4 Å². The second-order valence-electron chi connectivity index (χ2n) is 4.95. The van der Waals surface area contributed by atoms with Crippen molar-refractivity contribution in [3.63, 3.8) is 0 Å². The number of benzene rings is 1. The summed E-state index contributed by atoms with van der Waals surface area (Å²) in [5.74, 6) is -0.167. The van der Waals surface area contributed by atoms with Gasteiger partial charge < -0.3 is 0 Å². The van der Waals surface area contributed by atoms with Crippen molar-refractivity contribution in [1.82, 2.24) is 4.72 Å². The van der Waals surface area contributed by atoms with Crippen LogP contribution in [0.15, 0.2) is 29.2 Å². The third-order valence-electron chi connectivity index (χ3n) is 2.38. The molecule has 0 aliphatic carbocycles. The Morgan fingerprint density at radius 3 is 2.17 bits per heavy atom. The number of hydrogen-bond donors (Lipinski definition) is 1. The van der Waals surface area contributed by atoms with Gasteiger partial charge in [0.25, 0.3) is 0 Å². The lowest BCUT2D eigenvalue weighted by Crippen LogP contribution is -2.35. The van der Waals surface area contributed by atoms with E-state index in [1.165, 1.54) is 24.3 Å². The van der Waals surface area contributed by atoms with Gasteiger partial charge in [0.15, 0.2) is 5.78 Å². The number of Topliss-reactive ketones (excluding diaryl/α,β-unsaturated/α-hetero) is 1. The molecular formula is C12H16ClNO3S. The lowest BCUT2D eigenvalue weighted by atomic mass is 9.91. The summed E-state index contributed by atoms with van der Waals surface area (Å²) < 4.78 is 26.0. The number of nitrogens with one attached hydrogen (secondary N) is 1. The number of sulfonamides is 1. The second-order valence-corrected chi connectivity index (χ2v) is 7.16. The normalized spacial score (nSPS) is 12.4. The Morgan fingerprint density at radius 1 is 1.22 bits per heavy atom. The average Bonchev–Trinajstić information content (AvgIpc) is 2.25. The van der Waals surface area contributed by atoms with Gasteiger partial charge in [0.2, 0.25) is 10.0 Å². The zero-order valence-electron chi connectivity index (χ0n) is 10.5. The largest absolute Gasteiger partial charge is 0.298 e. The highest BCUT2D eigenvalue weighted by Gasteiger charge is 2.23. The molecule has 1 aromatic carbocycles. The second kappa shape index (κ2) is 5.38. The van der Waals surface area contributed by atoms with E-state index in [-0.39, 0.29) is 17.2 Å². The summed E-state index contributed by atoms with van der Waals surface area (Å²) in [5, 5.41) is 0.458. The van der Waals surface area contributed by atoms with Gasteiger partial charge in [-0.3, -0.25) is 4.79 Å². The third kappa shape index (κ3) is 4.08. The molecule has 0 saturated heterocycles. The van der Waals surface area contributed by atoms with Crippen LogP contribution in [-0.4, -0.2) is 20.7 Å². The van der Waals surface area contributed by atoms with Crippen molar-refractivity contribution in [1.29, 1.82) is 0 Å². The molecule has 0 aliphatic rings. The molecule has 0 saturated carbocycles. The molecule has 0 heterocycles. The standard InChI is InChI=1S/C12H16ClNO3S/c1-12(2,3)11(15)8-14-18(16,17)10-6-4-9(13)5-7-10/h4-7,14H,8H2,1-3H3. The van der Waals surface area contributed by atoms with Gasteiger partial charge in [-0.15, -0.1) is 0 Å². The van der Waals surface area contributed by atoms with Crippen LogP contribution < -0.4 is 4.72 Å². The molecule has 1 rings (SSSR count). The van der Waals surface area contributed by atoms with Crippen LogP contribution in [0.1, 0.15) is 20.8 Å². The van der Waals surface area contributed by atoms with E-state index in [0.717, 1.165) is 0 Å². The maximum atomic E-state index is 11.9. The van der Waals surface area contributed by atoms with Gasteiger partial charge in [0.1, 0.15) is 0 Å². The van der Waals surface area contributed by atoms with Gasteiger partial charge in [0.05, 0.1) is 11.4 Å². The van der Waals surface area contributed by atoms with Gasteiger partial charge in [-0.2, -0.15) is 0 Å². The van der Waals surface area contributed by atoms with Crippen LogP contribution in [0.25, 0.3) is 0 Å². The van der Waals surface area contributed by atoms with Crippen molar-refractivity contribution in [2.24, 2.45) is 5.41 Å². The van der Waals surface area contributed by atoms with Crippen LogP contribution >= 0.6 is 11.6 Å². The van der Waals surface area contributed by atoms with E-state index in [4.69, 9.17) is 11.6 Å². The van der Waals surface area contributed by atoms with Crippen molar-refractivity contribution in [2.75, 3.05) is 6.54 Å². The molecule has 0 amide bonds. The monoisotopic (exact) mass is 289 g/mol. The zero-order chi connectivity index (χ0) is 14.0. The number of carbonyl (C=O) groups is 1. The summed E-state index contributed by atoms with van der Waals surface area (Å²) in [5.41, 5.74) is -0.567.